The Morgan fingerprint density at radius 2 is 1.65 bits per heavy atom. The van der Waals surface area contributed by atoms with E-state index in [0.29, 0.717) is 30.2 Å². The molecule has 2 aromatic carbocycles. The van der Waals surface area contributed by atoms with Crippen molar-refractivity contribution in [3.63, 3.8) is 0 Å². The van der Waals surface area contributed by atoms with E-state index >= 15 is 0 Å². The Balaban J connectivity index is 1.36. The molecule has 1 amide bonds. The SMILES string of the molecule is COc1ccccc1OC1CN(C(=O)c2ccc(-n3cnnc3)cc2)C1. The summed E-state index contributed by atoms with van der Waals surface area (Å²) in [5, 5.41) is 7.55. The highest BCUT2D eigenvalue weighted by atomic mass is 16.5. The van der Waals surface area contributed by atoms with E-state index in [1.807, 2.05) is 48.5 Å². The molecule has 1 aliphatic heterocycles. The van der Waals surface area contributed by atoms with Crippen molar-refractivity contribution in [3.05, 3.63) is 66.7 Å². The summed E-state index contributed by atoms with van der Waals surface area (Å²) in [6.45, 7) is 1.12. The zero-order chi connectivity index (χ0) is 17.9. The van der Waals surface area contributed by atoms with Crippen molar-refractivity contribution >= 4 is 5.91 Å². The molecule has 4 rings (SSSR count). The summed E-state index contributed by atoms with van der Waals surface area (Å²) in [6, 6.07) is 14.9. The maximum atomic E-state index is 12.6. The molecule has 2 heterocycles. The van der Waals surface area contributed by atoms with Crippen molar-refractivity contribution < 1.29 is 14.3 Å². The Kier molecular flexibility index (Phi) is 4.27. The van der Waals surface area contributed by atoms with Crippen LogP contribution in [0, 0.1) is 0 Å². The lowest BCUT2D eigenvalue weighted by atomic mass is 10.1. The van der Waals surface area contributed by atoms with E-state index in [4.69, 9.17) is 9.47 Å². The highest BCUT2D eigenvalue weighted by molar-refractivity contribution is 5.95. The molecule has 3 aromatic rings. The van der Waals surface area contributed by atoms with Crippen LogP contribution in [0.15, 0.2) is 61.2 Å². The maximum Gasteiger partial charge on any atom is 0.254 e. The molecule has 1 fully saturated rings. The lowest BCUT2D eigenvalue weighted by molar-refractivity contribution is 0.0169. The van der Waals surface area contributed by atoms with Gasteiger partial charge in [-0.2, -0.15) is 0 Å². The number of ether oxygens (including phenoxy) is 2. The Bertz CT molecular complexity index is 887. The average Bonchev–Trinajstić information content (AvgIpc) is 3.19. The third-order valence-corrected chi connectivity index (χ3v) is 4.33. The van der Waals surface area contributed by atoms with Crippen LogP contribution >= 0.6 is 0 Å². The predicted molar refractivity (Wildman–Crippen MR) is 94.7 cm³/mol. The monoisotopic (exact) mass is 350 g/mol. The van der Waals surface area contributed by atoms with Crippen molar-refractivity contribution in [2.24, 2.45) is 0 Å². The number of methoxy groups -OCH3 is 1. The van der Waals surface area contributed by atoms with Crippen molar-refractivity contribution in [1.82, 2.24) is 19.7 Å². The summed E-state index contributed by atoms with van der Waals surface area (Å²) >= 11 is 0. The predicted octanol–water partition coefficient (Wildman–Crippen LogP) is 2.18. The molecular formula is C19H18N4O3. The van der Waals surface area contributed by atoms with Crippen LogP contribution in [0.5, 0.6) is 11.5 Å². The second kappa shape index (κ2) is 6.87. The summed E-state index contributed by atoms with van der Waals surface area (Å²) in [4.78, 5) is 14.3. The first-order valence-corrected chi connectivity index (χ1v) is 8.28. The Morgan fingerprint density at radius 3 is 2.31 bits per heavy atom. The number of hydrogen-bond acceptors (Lipinski definition) is 5. The number of rotatable bonds is 5. The summed E-state index contributed by atoms with van der Waals surface area (Å²) in [5.41, 5.74) is 1.56. The zero-order valence-corrected chi connectivity index (χ0v) is 14.3. The number of aromatic nitrogens is 3. The largest absolute Gasteiger partial charge is 0.493 e. The van der Waals surface area contributed by atoms with Gasteiger partial charge in [-0.15, -0.1) is 10.2 Å². The third-order valence-electron chi connectivity index (χ3n) is 4.33. The van der Waals surface area contributed by atoms with Crippen molar-refractivity contribution in [1.29, 1.82) is 0 Å². The van der Waals surface area contributed by atoms with Crippen LogP contribution in [-0.4, -0.2) is 51.9 Å². The molecule has 0 radical (unpaired) electrons. The molecule has 0 N–H and O–H groups in total. The molecule has 132 valence electrons. The molecule has 1 saturated heterocycles. The highest BCUT2D eigenvalue weighted by Gasteiger charge is 2.33. The number of amides is 1. The fourth-order valence-electron chi connectivity index (χ4n) is 2.87. The second-order valence-electron chi connectivity index (χ2n) is 6.02. The summed E-state index contributed by atoms with van der Waals surface area (Å²) in [7, 11) is 1.61. The van der Waals surface area contributed by atoms with E-state index in [0.717, 1.165) is 5.69 Å². The van der Waals surface area contributed by atoms with Gasteiger partial charge < -0.3 is 14.4 Å². The average molecular weight is 350 g/mol. The summed E-state index contributed by atoms with van der Waals surface area (Å²) < 4.78 is 13.0. The van der Waals surface area contributed by atoms with Gasteiger partial charge in [0.25, 0.3) is 5.91 Å². The zero-order valence-electron chi connectivity index (χ0n) is 14.3. The smallest absolute Gasteiger partial charge is 0.254 e. The number of carbonyl (C=O) groups is 1. The van der Waals surface area contributed by atoms with E-state index in [-0.39, 0.29) is 12.0 Å². The van der Waals surface area contributed by atoms with Gasteiger partial charge in [0.1, 0.15) is 18.8 Å². The van der Waals surface area contributed by atoms with Crippen molar-refractivity contribution in [2.45, 2.75) is 6.10 Å². The number of hydrogen-bond donors (Lipinski definition) is 0. The molecule has 0 atom stereocenters. The molecule has 0 unspecified atom stereocenters. The van der Waals surface area contributed by atoms with Crippen LogP contribution in [0.1, 0.15) is 10.4 Å². The molecule has 1 aliphatic rings. The highest BCUT2D eigenvalue weighted by Crippen LogP contribution is 2.29. The first kappa shape index (κ1) is 16.1. The minimum absolute atomic E-state index is 0.000169. The molecule has 26 heavy (non-hydrogen) atoms. The number of likely N-dealkylation sites (tertiary alicyclic amines) is 1. The lowest BCUT2D eigenvalue weighted by Crippen LogP contribution is -2.56. The molecule has 0 aliphatic carbocycles. The molecule has 7 nitrogen and oxygen atoms in total. The van der Waals surface area contributed by atoms with E-state index in [9.17, 15) is 4.79 Å². The van der Waals surface area contributed by atoms with Gasteiger partial charge in [0.05, 0.1) is 20.2 Å². The Hall–Kier alpha value is -3.35. The van der Waals surface area contributed by atoms with Gasteiger partial charge in [0.15, 0.2) is 11.5 Å². The topological polar surface area (TPSA) is 69.5 Å². The van der Waals surface area contributed by atoms with E-state index < -0.39 is 0 Å². The molecule has 7 heteroatoms. The lowest BCUT2D eigenvalue weighted by Gasteiger charge is -2.39. The maximum absolute atomic E-state index is 12.6. The van der Waals surface area contributed by atoms with Crippen LogP contribution in [0.4, 0.5) is 0 Å². The van der Waals surface area contributed by atoms with Crippen molar-refractivity contribution in [2.75, 3.05) is 20.2 Å². The minimum Gasteiger partial charge on any atom is -0.493 e. The summed E-state index contributed by atoms with van der Waals surface area (Å²) in [6.07, 6.45) is 3.21. The normalized spacial score (nSPS) is 14.0. The number of nitrogens with zero attached hydrogens (tertiary/aromatic N) is 4. The van der Waals surface area contributed by atoms with E-state index in [2.05, 4.69) is 10.2 Å². The van der Waals surface area contributed by atoms with Gasteiger partial charge in [-0.3, -0.25) is 9.36 Å². The first-order valence-electron chi connectivity index (χ1n) is 8.28. The second-order valence-corrected chi connectivity index (χ2v) is 6.02. The van der Waals surface area contributed by atoms with Crippen LogP contribution in [0.25, 0.3) is 5.69 Å². The van der Waals surface area contributed by atoms with Crippen LogP contribution in [0.3, 0.4) is 0 Å². The Morgan fingerprint density at radius 1 is 1.00 bits per heavy atom. The molecular weight excluding hydrogens is 332 g/mol. The first-order chi connectivity index (χ1) is 12.7. The van der Waals surface area contributed by atoms with E-state index in [1.165, 1.54) is 0 Å². The molecule has 0 spiro atoms. The number of para-hydroxylation sites is 2. The van der Waals surface area contributed by atoms with Crippen LogP contribution in [-0.2, 0) is 0 Å². The quantitative estimate of drug-likeness (QED) is 0.705. The summed E-state index contributed by atoms with van der Waals surface area (Å²) in [5.74, 6) is 1.40. The van der Waals surface area contributed by atoms with Gasteiger partial charge in [0.2, 0.25) is 0 Å². The standard InChI is InChI=1S/C19H18N4O3/c1-25-17-4-2-3-5-18(17)26-16-10-22(11-16)19(24)14-6-8-15(9-7-14)23-12-20-21-13-23/h2-9,12-13,16H,10-11H2,1H3. The van der Waals surface area contributed by atoms with Gasteiger partial charge >= 0.3 is 0 Å². The molecule has 0 saturated carbocycles. The van der Waals surface area contributed by atoms with Gasteiger partial charge in [0, 0.05) is 11.3 Å². The Labute approximate surface area is 150 Å². The fraction of sp³-hybridized carbons (Fsp3) is 0.211. The number of benzene rings is 2. The third kappa shape index (κ3) is 3.11. The minimum atomic E-state index is -0.0217. The van der Waals surface area contributed by atoms with Crippen LogP contribution in [0.2, 0.25) is 0 Å². The molecule has 0 bridgehead atoms. The van der Waals surface area contributed by atoms with Gasteiger partial charge in [-0.1, -0.05) is 12.1 Å². The van der Waals surface area contributed by atoms with Crippen molar-refractivity contribution in [3.8, 4) is 17.2 Å². The van der Waals surface area contributed by atoms with Crippen LogP contribution < -0.4 is 9.47 Å². The number of carbonyl (C=O) groups excluding carboxylic acids is 1. The fourth-order valence-corrected chi connectivity index (χ4v) is 2.87. The van der Waals surface area contributed by atoms with Gasteiger partial charge in [-0.05, 0) is 36.4 Å². The van der Waals surface area contributed by atoms with Gasteiger partial charge in [-0.25, -0.2) is 0 Å². The van der Waals surface area contributed by atoms with E-state index in [1.54, 1.807) is 29.2 Å². The molecule has 1 aromatic heterocycles.